The van der Waals surface area contributed by atoms with Gasteiger partial charge in [0.05, 0.1) is 12.2 Å². The molecule has 0 amide bonds. The highest BCUT2D eigenvalue weighted by molar-refractivity contribution is 5.53. The highest BCUT2D eigenvalue weighted by Gasteiger charge is 2.33. The van der Waals surface area contributed by atoms with Crippen molar-refractivity contribution >= 4 is 12.3 Å². The largest absolute Gasteiger partial charge is 0.503 e. The molecule has 2 rings (SSSR count). The minimum absolute atomic E-state index is 0.332. The number of hydrogen-bond acceptors (Lipinski definition) is 4. The standard InChI is InChI=1S/C20H38O2.2CH2O3/c1-19(2,3)15-7-11-17(12-8-15)21-22-18-13-9-16(10-14-18)20(4,5)6;2*2-1(3)4/h15-18H,7-14H2,1-6H3;2*(H2,2,3,4). The fraction of sp³-hybridized carbons (Fsp3) is 0.909. The molecule has 0 aromatic heterocycles. The van der Waals surface area contributed by atoms with Crippen LogP contribution in [0, 0.1) is 22.7 Å². The lowest BCUT2D eigenvalue weighted by Crippen LogP contribution is -2.32. The molecule has 0 bridgehead atoms. The van der Waals surface area contributed by atoms with Crippen LogP contribution in [0.3, 0.4) is 0 Å². The highest BCUT2D eigenvalue weighted by atomic mass is 17.2. The molecular formula is C22H42O8. The van der Waals surface area contributed by atoms with E-state index in [1.165, 1.54) is 51.4 Å². The summed E-state index contributed by atoms with van der Waals surface area (Å²) in [5.41, 5.74) is 0.883. The van der Waals surface area contributed by atoms with E-state index in [2.05, 4.69) is 41.5 Å². The van der Waals surface area contributed by atoms with Gasteiger partial charge in [0.1, 0.15) is 0 Å². The van der Waals surface area contributed by atoms with E-state index < -0.39 is 12.3 Å². The molecule has 8 nitrogen and oxygen atoms in total. The summed E-state index contributed by atoms with van der Waals surface area (Å²) in [7, 11) is 0. The molecule has 0 aromatic carbocycles. The fourth-order valence-corrected chi connectivity index (χ4v) is 4.21. The molecule has 0 saturated heterocycles. The van der Waals surface area contributed by atoms with Gasteiger partial charge >= 0.3 is 12.3 Å². The summed E-state index contributed by atoms with van der Waals surface area (Å²) < 4.78 is 0. The minimum atomic E-state index is -1.83. The van der Waals surface area contributed by atoms with E-state index in [1.54, 1.807) is 0 Å². The molecule has 2 aliphatic carbocycles. The number of carboxylic acid groups (broad SMARTS) is 4. The maximum absolute atomic E-state index is 8.56. The Hall–Kier alpha value is -1.54. The van der Waals surface area contributed by atoms with Crippen molar-refractivity contribution in [1.29, 1.82) is 0 Å². The van der Waals surface area contributed by atoms with Crippen LogP contribution >= 0.6 is 0 Å². The van der Waals surface area contributed by atoms with Crippen LogP contribution < -0.4 is 0 Å². The third kappa shape index (κ3) is 13.6. The smallest absolute Gasteiger partial charge is 0.450 e. The van der Waals surface area contributed by atoms with Crippen molar-refractivity contribution in [3.8, 4) is 0 Å². The molecule has 8 heteroatoms. The number of hydrogen-bond donors (Lipinski definition) is 4. The van der Waals surface area contributed by atoms with Crippen LogP contribution in [0.25, 0.3) is 0 Å². The van der Waals surface area contributed by atoms with Gasteiger partial charge in [-0.2, -0.15) is 0 Å². The van der Waals surface area contributed by atoms with Crippen LogP contribution in [0.2, 0.25) is 0 Å². The van der Waals surface area contributed by atoms with Crippen molar-refractivity contribution in [2.24, 2.45) is 22.7 Å². The molecule has 2 saturated carbocycles. The lowest BCUT2D eigenvalue weighted by Gasteiger charge is -2.38. The monoisotopic (exact) mass is 434 g/mol. The van der Waals surface area contributed by atoms with Gasteiger partial charge in [0.2, 0.25) is 0 Å². The zero-order valence-corrected chi connectivity index (χ0v) is 19.4. The van der Waals surface area contributed by atoms with Gasteiger partial charge in [0.15, 0.2) is 0 Å². The summed E-state index contributed by atoms with van der Waals surface area (Å²) in [6.45, 7) is 14.2. The zero-order valence-electron chi connectivity index (χ0n) is 19.4. The van der Waals surface area contributed by atoms with Crippen LogP contribution in [0.5, 0.6) is 0 Å². The number of carbonyl (C=O) groups is 2. The van der Waals surface area contributed by atoms with E-state index in [9.17, 15) is 0 Å². The molecule has 0 spiro atoms. The van der Waals surface area contributed by atoms with Gasteiger partial charge in [-0.1, -0.05) is 41.5 Å². The lowest BCUT2D eigenvalue weighted by atomic mass is 9.72. The topological polar surface area (TPSA) is 134 Å². The molecule has 0 aromatic rings. The first-order valence-corrected chi connectivity index (χ1v) is 10.8. The van der Waals surface area contributed by atoms with Crippen molar-refractivity contribution in [1.82, 2.24) is 0 Å². The van der Waals surface area contributed by atoms with Gasteiger partial charge < -0.3 is 20.4 Å². The lowest BCUT2D eigenvalue weighted by molar-refractivity contribution is -0.360. The Morgan fingerprint density at radius 1 is 0.567 bits per heavy atom. The van der Waals surface area contributed by atoms with Gasteiger partial charge in [0.25, 0.3) is 0 Å². The minimum Gasteiger partial charge on any atom is -0.450 e. The predicted octanol–water partition coefficient (Wildman–Crippen LogP) is 6.59. The molecule has 30 heavy (non-hydrogen) atoms. The second kappa shape index (κ2) is 13.0. The third-order valence-corrected chi connectivity index (χ3v) is 6.13. The van der Waals surface area contributed by atoms with Gasteiger partial charge in [-0.15, -0.1) is 0 Å². The van der Waals surface area contributed by atoms with Crippen molar-refractivity contribution < 1.29 is 39.8 Å². The van der Waals surface area contributed by atoms with E-state index >= 15 is 0 Å². The van der Waals surface area contributed by atoms with Crippen molar-refractivity contribution in [3.63, 3.8) is 0 Å². The summed E-state index contributed by atoms with van der Waals surface area (Å²) >= 11 is 0. The van der Waals surface area contributed by atoms with Crippen LogP contribution in [-0.4, -0.2) is 44.9 Å². The molecule has 0 radical (unpaired) electrons. The van der Waals surface area contributed by atoms with E-state index in [1.807, 2.05) is 0 Å². The van der Waals surface area contributed by atoms with Gasteiger partial charge in [-0.05, 0) is 74.0 Å². The Balaban J connectivity index is 0.000000901. The van der Waals surface area contributed by atoms with Crippen LogP contribution in [0.15, 0.2) is 0 Å². The average Bonchev–Trinajstić information content (AvgIpc) is 2.58. The second-order valence-corrected chi connectivity index (χ2v) is 10.4. The molecular weight excluding hydrogens is 392 g/mol. The molecule has 0 aliphatic heterocycles. The second-order valence-electron chi connectivity index (χ2n) is 10.4. The summed E-state index contributed by atoms with van der Waals surface area (Å²) in [5, 5.41) is 27.9. The molecule has 0 atom stereocenters. The first-order chi connectivity index (χ1) is 13.6. The highest BCUT2D eigenvalue weighted by Crippen LogP contribution is 2.40. The van der Waals surface area contributed by atoms with Gasteiger partial charge in [0, 0.05) is 0 Å². The Labute approximate surface area is 180 Å². The van der Waals surface area contributed by atoms with Crippen molar-refractivity contribution in [2.45, 2.75) is 105 Å². The van der Waals surface area contributed by atoms with E-state index in [0.717, 1.165) is 11.8 Å². The summed E-state index contributed by atoms with van der Waals surface area (Å²) in [4.78, 5) is 28.7. The Bertz CT molecular complexity index is 436. The molecule has 178 valence electrons. The van der Waals surface area contributed by atoms with Crippen LogP contribution in [0.4, 0.5) is 9.59 Å². The van der Waals surface area contributed by atoms with Gasteiger partial charge in [-0.25, -0.2) is 19.4 Å². The molecule has 0 heterocycles. The van der Waals surface area contributed by atoms with Crippen LogP contribution in [-0.2, 0) is 9.78 Å². The molecule has 4 N–H and O–H groups in total. The summed E-state index contributed by atoms with van der Waals surface area (Å²) in [5.74, 6) is 1.68. The van der Waals surface area contributed by atoms with Crippen LogP contribution in [0.1, 0.15) is 92.9 Å². The SMILES string of the molecule is CC(C)(C)C1CCC(OOC2CCC(C(C)(C)C)CC2)CC1.O=C(O)O.O=C(O)O. The van der Waals surface area contributed by atoms with Crippen molar-refractivity contribution in [3.05, 3.63) is 0 Å². The summed E-state index contributed by atoms with van der Waals surface area (Å²) in [6.07, 6.45) is 6.81. The quantitative estimate of drug-likeness (QED) is 0.289. The van der Waals surface area contributed by atoms with E-state index in [4.69, 9.17) is 39.8 Å². The maximum Gasteiger partial charge on any atom is 0.503 e. The summed E-state index contributed by atoms with van der Waals surface area (Å²) in [6, 6.07) is 0. The normalized spacial score (nSPS) is 27.0. The Kier molecular flexibility index (Phi) is 12.3. The van der Waals surface area contributed by atoms with Crippen molar-refractivity contribution in [2.75, 3.05) is 0 Å². The molecule has 2 fully saturated rings. The van der Waals surface area contributed by atoms with E-state index in [-0.39, 0.29) is 0 Å². The Morgan fingerprint density at radius 2 is 0.767 bits per heavy atom. The zero-order chi connectivity index (χ0) is 23.5. The number of rotatable bonds is 3. The van der Waals surface area contributed by atoms with Gasteiger partial charge in [-0.3, -0.25) is 0 Å². The third-order valence-electron chi connectivity index (χ3n) is 6.13. The van der Waals surface area contributed by atoms with E-state index in [0.29, 0.717) is 23.0 Å². The average molecular weight is 435 g/mol. The first kappa shape index (κ1) is 28.5. The first-order valence-electron chi connectivity index (χ1n) is 10.8. The molecule has 2 aliphatic rings. The Morgan fingerprint density at radius 3 is 0.933 bits per heavy atom. The maximum atomic E-state index is 8.56. The fourth-order valence-electron chi connectivity index (χ4n) is 4.21. The predicted molar refractivity (Wildman–Crippen MR) is 114 cm³/mol. The molecule has 0 unspecified atom stereocenters.